The highest BCUT2D eigenvalue weighted by atomic mass is 35.5. The molecule has 2 aromatic carbocycles. The molecule has 0 aliphatic rings. The highest BCUT2D eigenvalue weighted by Crippen LogP contribution is 2.37. The fraction of sp³-hybridized carbons (Fsp3) is 0.0952. The first-order chi connectivity index (χ1) is 14.8. The number of halogens is 3. The molecule has 31 heavy (non-hydrogen) atoms. The summed E-state index contributed by atoms with van der Waals surface area (Å²) in [6.45, 7) is 0.0371. The number of anilines is 1. The van der Waals surface area contributed by atoms with E-state index in [1.165, 1.54) is 13.2 Å². The van der Waals surface area contributed by atoms with Gasteiger partial charge in [-0.2, -0.15) is 10.5 Å². The number of nitrogen functional groups attached to an aromatic ring is 1. The van der Waals surface area contributed by atoms with Crippen molar-refractivity contribution in [3.05, 3.63) is 72.4 Å². The van der Waals surface area contributed by atoms with Crippen LogP contribution in [0.15, 0.2) is 35.1 Å². The summed E-state index contributed by atoms with van der Waals surface area (Å²) in [5.41, 5.74) is 5.86. The van der Waals surface area contributed by atoms with E-state index >= 15 is 0 Å². The number of aromatic amines is 1. The molecule has 1 aromatic heterocycles. The minimum Gasteiger partial charge on any atom is -0.493 e. The maximum Gasteiger partial charge on any atom is 0.268 e. The Morgan fingerprint density at radius 3 is 2.26 bits per heavy atom. The maximum atomic E-state index is 12.1. The Hall–Kier alpha value is -3.36. The van der Waals surface area contributed by atoms with Crippen LogP contribution in [0, 0.1) is 22.7 Å². The van der Waals surface area contributed by atoms with Gasteiger partial charge in [-0.15, -0.1) is 0 Å². The van der Waals surface area contributed by atoms with Crippen molar-refractivity contribution in [2.24, 2.45) is 0 Å². The Bertz CT molecular complexity index is 1300. The van der Waals surface area contributed by atoms with E-state index in [0.717, 1.165) is 0 Å². The zero-order valence-corrected chi connectivity index (χ0v) is 18.2. The first-order valence-corrected chi connectivity index (χ1v) is 9.74. The van der Waals surface area contributed by atoms with Gasteiger partial charge in [-0.05, 0) is 29.8 Å². The number of pyridine rings is 1. The zero-order valence-electron chi connectivity index (χ0n) is 15.9. The number of aromatic nitrogens is 1. The van der Waals surface area contributed by atoms with Crippen LogP contribution in [0.2, 0.25) is 15.1 Å². The van der Waals surface area contributed by atoms with Crippen LogP contribution in [-0.4, -0.2) is 12.1 Å². The van der Waals surface area contributed by atoms with E-state index in [1.807, 2.05) is 12.1 Å². The molecule has 3 aromatic rings. The number of nitrogens with one attached hydrogen (secondary N) is 1. The van der Waals surface area contributed by atoms with E-state index in [1.54, 1.807) is 24.3 Å². The Labute approximate surface area is 192 Å². The fourth-order valence-corrected chi connectivity index (χ4v) is 3.86. The van der Waals surface area contributed by atoms with Crippen molar-refractivity contribution in [2.75, 3.05) is 12.8 Å². The van der Waals surface area contributed by atoms with Gasteiger partial charge in [-0.25, -0.2) is 0 Å². The second-order valence-corrected chi connectivity index (χ2v) is 7.47. The summed E-state index contributed by atoms with van der Waals surface area (Å²) >= 11 is 18.3. The summed E-state index contributed by atoms with van der Waals surface area (Å²) in [7, 11) is 1.43. The molecule has 0 saturated carbocycles. The lowest BCUT2D eigenvalue weighted by Crippen LogP contribution is -2.16. The topological polar surface area (TPSA) is 125 Å². The molecule has 0 bridgehead atoms. The molecule has 0 aliphatic carbocycles. The van der Waals surface area contributed by atoms with E-state index < -0.39 is 5.56 Å². The molecule has 1 heterocycles. The van der Waals surface area contributed by atoms with Crippen LogP contribution >= 0.6 is 34.8 Å². The van der Waals surface area contributed by atoms with Crippen LogP contribution in [0.4, 0.5) is 5.82 Å². The summed E-state index contributed by atoms with van der Waals surface area (Å²) in [5.74, 6) is 0.515. The molecule has 3 N–H and O–H groups in total. The third kappa shape index (κ3) is 4.40. The lowest BCUT2D eigenvalue weighted by molar-refractivity contribution is 0.285. The number of H-pyrrole nitrogens is 1. The fourth-order valence-electron chi connectivity index (χ4n) is 2.93. The lowest BCUT2D eigenvalue weighted by Gasteiger charge is -2.15. The molecular formula is C21H13Cl3N4O3. The number of rotatable bonds is 5. The Morgan fingerprint density at radius 2 is 1.68 bits per heavy atom. The van der Waals surface area contributed by atoms with Gasteiger partial charge in [0, 0.05) is 16.1 Å². The molecule has 0 radical (unpaired) electrons. The Balaban J connectivity index is 2.04. The largest absolute Gasteiger partial charge is 0.493 e. The highest BCUT2D eigenvalue weighted by molar-refractivity contribution is 6.39. The molecule has 0 spiro atoms. The first-order valence-electron chi connectivity index (χ1n) is 8.61. The molecule has 0 amide bonds. The first kappa shape index (κ1) is 22.3. The third-order valence-electron chi connectivity index (χ3n) is 4.40. The molecule has 0 unspecified atom stereocenters. The average molecular weight is 476 g/mol. The normalized spacial score (nSPS) is 10.3. The summed E-state index contributed by atoms with van der Waals surface area (Å²) in [4.78, 5) is 14.4. The van der Waals surface area contributed by atoms with Gasteiger partial charge in [0.05, 0.1) is 17.2 Å². The minimum atomic E-state index is -0.694. The SMILES string of the molecule is COc1cc(-c2c(C#N)c(N)[nH]c(=O)c2C#N)ccc1OCc1c(Cl)cc(Cl)cc1Cl. The van der Waals surface area contributed by atoms with Crippen molar-refractivity contribution in [2.45, 2.75) is 6.61 Å². The molecule has 0 aliphatic heterocycles. The second-order valence-electron chi connectivity index (χ2n) is 6.22. The van der Waals surface area contributed by atoms with Gasteiger partial charge in [0.15, 0.2) is 11.5 Å². The predicted octanol–water partition coefficient (Wildman–Crippen LogP) is 4.92. The minimum absolute atomic E-state index is 0.0217. The smallest absolute Gasteiger partial charge is 0.268 e. The van der Waals surface area contributed by atoms with Crippen LogP contribution in [0.5, 0.6) is 11.5 Å². The number of ether oxygens (including phenoxy) is 2. The van der Waals surface area contributed by atoms with E-state index in [-0.39, 0.29) is 29.1 Å². The molecule has 7 nitrogen and oxygen atoms in total. The highest BCUT2D eigenvalue weighted by Gasteiger charge is 2.20. The summed E-state index contributed by atoms with van der Waals surface area (Å²) < 4.78 is 11.2. The van der Waals surface area contributed by atoms with Crippen LogP contribution in [0.3, 0.4) is 0 Å². The van der Waals surface area contributed by atoms with Crippen molar-refractivity contribution in [3.63, 3.8) is 0 Å². The van der Waals surface area contributed by atoms with Gasteiger partial charge < -0.3 is 20.2 Å². The predicted molar refractivity (Wildman–Crippen MR) is 119 cm³/mol. The maximum absolute atomic E-state index is 12.1. The van der Waals surface area contributed by atoms with Gasteiger partial charge in [-0.1, -0.05) is 40.9 Å². The van der Waals surface area contributed by atoms with Crippen molar-refractivity contribution in [3.8, 4) is 34.8 Å². The third-order valence-corrected chi connectivity index (χ3v) is 5.29. The number of nitrogens with zero attached hydrogens (tertiary/aromatic N) is 2. The zero-order chi connectivity index (χ0) is 22.7. The van der Waals surface area contributed by atoms with E-state index in [0.29, 0.717) is 37.7 Å². The number of hydrogen-bond acceptors (Lipinski definition) is 6. The van der Waals surface area contributed by atoms with Crippen molar-refractivity contribution < 1.29 is 9.47 Å². The second kappa shape index (κ2) is 9.20. The number of nitrogens with two attached hydrogens (primary N) is 1. The van der Waals surface area contributed by atoms with Crippen molar-refractivity contribution in [1.29, 1.82) is 10.5 Å². The molecule has 0 atom stereocenters. The van der Waals surface area contributed by atoms with Crippen molar-refractivity contribution in [1.82, 2.24) is 4.98 Å². The number of benzene rings is 2. The Morgan fingerprint density at radius 1 is 1.03 bits per heavy atom. The number of hydrogen-bond donors (Lipinski definition) is 2. The summed E-state index contributed by atoms with van der Waals surface area (Å²) in [6, 6.07) is 11.5. The summed E-state index contributed by atoms with van der Waals surface area (Å²) in [6.07, 6.45) is 0. The molecular weight excluding hydrogens is 463 g/mol. The van der Waals surface area contributed by atoms with Gasteiger partial charge in [-0.3, -0.25) is 4.79 Å². The van der Waals surface area contributed by atoms with Crippen LogP contribution in [0.1, 0.15) is 16.7 Å². The lowest BCUT2D eigenvalue weighted by atomic mass is 9.96. The van der Waals surface area contributed by atoms with Gasteiger partial charge in [0.2, 0.25) is 0 Å². The van der Waals surface area contributed by atoms with E-state index in [9.17, 15) is 15.3 Å². The monoisotopic (exact) mass is 474 g/mol. The standard InChI is InChI=1S/C21H13Cl3N4O3/c1-30-18-4-10(19-12(7-25)20(27)28-21(29)13(19)8-26)2-3-17(18)31-9-14-15(23)5-11(22)6-16(14)24/h2-6H,9H2,1H3,(H3,27,28,29). The van der Waals surface area contributed by atoms with E-state index in [2.05, 4.69) is 4.98 Å². The average Bonchev–Trinajstić information content (AvgIpc) is 2.72. The van der Waals surface area contributed by atoms with Crippen LogP contribution < -0.4 is 20.8 Å². The molecule has 0 saturated heterocycles. The van der Waals surface area contributed by atoms with Gasteiger partial charge >= 0.3 is 0 Å². The Kier molecular flexibility index (Phi) is 6.62. The molecule has 3 rings (SSSR count). The van der Waals surface area contributed by atoms with E-state index in [4.69, 9.17) is 50.0 Å². The van der Waals surface area contributed by atoms with Crippen molar-refractivity contribution >= 4 is 40.6 Å². The van der Waals surface area contributed by atoms with Crippen LogP contribution in [0.25, 0.3) is 11.1 Å². The van der Waals surface area contributed by atoms with Crippen LogP contribution in [-0.2, 0) is 6.61 Å². The molecule has 0 fully saturated rings. The number of methoxy groups -OCH3 is 1. The summed E-state index contributed by atoms with van der Waals surface area (Å²) in [5, 5.41) is 20.0. The molecule has 156 valence electrons. The number of nitriles is 2. The molecule has 10 heteroatoms. The quantitative estimate of drug-likeness (QED) is 0.540. The van der Waals surface area contributed by atoms with Gasteiger partial charge in [0.1, 0.15) is 35.7 Å². The van der Waals surface area contributed by atoms with Gasteiger partial charge in [0.25, 0.3) is 5.56 Å².